The SMILES string of the molecule is CCC(C)(O)O[SiH2]c1ccccc1. The van der Waals surface area contributed by atoms with E-state index in [-0.39, 0.29) is 0 Å². The van der Waals surface area contributed by atoms with Gasteiger partial charge in [-0.1, -0.05) is 37.3 Å². The van der Waals surface area contributed by atoms with E-state index in [4.69, 9.17) is 4.43 Å². The van der Waals surface area contributed by atoms with Gasteiger partial charge in [-0.15, -0.1) is 0 Å². The quantitative estimate of drug-likeness (QED) is 0.562. The van der Waals surface area contributed by atoms with Crippen LogP contribution in [0.5, 0.6) is 0 Å². The molecular weight excluding hydrogens is 180 g/mol. The summed E-state index contributed by atoms with van der Waals surface area (Å²) in [6, 6.07) is 10.0. The molecule has 0 heterocycles. The van der Waals surface area contributed by atoms with Gasteiger partial charge in [-0.25, -0.2) is 0 Å². The number of hydrogen-bond acceptors (Lipinski definition) is 2. The highest BCUT2D eigenvalue weighted by molar-refractivity contribution is 6.46. The Bertz CT molecular complexity index is 246. The van der Waals surface area contributed by atoms with E-state index in [2.05, 4.69) is 0 Å². The van der Waals surface area contributed by atoms with Crippen LogP contribution < -0.4 is 5.19 Å². The summed E-state index contributed by atoms with van der Waals surface area (Å²) < 4.78 is 5.46. The van der Waals surface area contributed by atoms with E-state index < -0.39 is 15.6 Å². The topological polar surface area (TPSA) is 29.5 Å². The molecule has 0 bridgehead atoms. The van der Waals surface area contributed by atoms with Crippen LogP contribution in [-0.4, -0.2) is 20.7 Å². The summed E-state index contributed by atoms with van der Waals surface area (Å²) >= 11 is 0. The fourth-order valence-electron chi connectivity index (χ4n) is 0.915. The van der Waals surface area contributed by atoms with Crippen LogP contribution in [0.3, 0.4) is 0 Å². The standard InChI is InChI=1S/C10H16O2Si/c1-3-10(2,11)12-13-9-7-5-4-6-8-9/h4-8,11H,3,13H2,1-2H3. The largest absolute Gasteiger partial charge is 0.392 e. The van der Waals surface area contributed by atoms with Gasteiger partial charge in [-0.05, 0) is 18.5 Å². The molecule has 1 aromatic carbocycles. The molecule has 1 rings (SSSR count). The van der Waals surface area contributed by atoms with Crippen LogP contribution in [0.1, 0.15) is 20.3 Å². The summed E-state index contributed by atoms with van der Waals surface area (Å²) in [7, 11) is -0.777. The minimum atomic E-state index is -0.942. The third-order valence-electron chi connectivity index (χ3n) is 2.05. The van der Waals surface area contributed by atoms with Crippen molar-refractivity contribution in [3.05, 3.63) is 30.3 Å². The third kappa shape index (κ3) is 3.72. The molecule has 0 saturated heterocycles. The van der Waals surface area contributed by atoms with E-state index in [1.165, 1.54) is 5.19 Å². The minimum absolute atomic E-state index is 0.632. The van der Waals surface area contributed by atoms with Crippen molar-refractivity contribution in [3.63, 3.8) is 0 Å². The Morgan fingerprint density at radius 2 is 2.00 bits per heavy atom. The molecule has 0 radical (unpaired) electrons. The second-order valence-electron chi connectivity index (χ2n) is 3.30. The van der Waals surface area contributed by atoms with Gasteiger partial charge in [-0.2, -0.15) is 0 Å². The average Bonchev–Trinajstić information content (AvgIpc) is 2.17. The number of benzene rings is 1. The summed E-state index contributed by atoms with van der Waals surface area (Å²) in [5.74, 6) is -0.942. The molecule has 0 saturated carbocycles. The van der Waals surface area contributed by atoms with Gasteiger partial charge in [-0.3, -0.25) is 0 Å². The van der Waals surface area contributed by atoms with Crippen LogP contribution in [0.15, 0.2) is 30.3 Å². The molecule has 0 aromatic heterocycles. The Morgan fingerprint density at radius 3 is 2.54 bits per heavy atom. The fourth-order valence-corrected chi connectivity index (χ4v) is 2.06. The van der Waals surface area contributed by atoms with Gasteiger partial charge in [0.1, 0.15) is 0 Å². The van der Waals surface area contributed by atoms with Crippen molar-refractivity contribution in [2.24, 2.45) is 0 Å². The van der Waals surface area contributed by atoms with Crippen molar-refractivity contribution < 1.29 is 9.53 Å². The lowest BCUT2D eigenvalue weighted by atomic mass is 10.3. The van der Waals surface area contributed by atoms with Gasteiger partial charge < -0.3 is 9.53 Å². The zero-order chi connectivity index (χ0) is 9.73. The highest BCUT2D eigenvalue weighted by atomic mass is 28.2. The lowest BCUT2D eigenvalue weighted by Gasteiger charge is -2.22. The summed E-state index contributed by atoms with van der Waals surface area (Å²) in [5, 5.41) is 10.8. The molecular formula is C10H16O2Si. The first-order valence-corrected chi connectivity index (χ1v) is 5.83. The third-order valence-corrected chi connectivity index (χ3v) is 3.62. The first-order valence-electron chi connectivity index (χ1n) is 4.54. The molecule has 1 atom stereocenters. The number of rotatable bonds is 4. The lowest BCUT2D eigenvalue weighted by molar-refractivity contribution is -0.121. The van der Waals surface area contributed by atoms with Crippen molar-refractivity contribution in [1.82, 2.24) is 0 Å². The molecule has 0 aliphatic heterocycles. The van der Waals surface area contributed by atoms with E-state index in [1.807, 2.05) is 37.3 Å². The highest BCUT2D eigenvalue weighted by Crippen LogP contribution is 2.08. The first kappa shape index (κ1) is 10.4. The molecule has 1 aromatic rings. The normalized spacial score (nSPS) is 16.2. The Morgan fingerprint density at radius 1 is 1.38 bits per heavy atom. The van der Waals surface area contributed by atoms with Crippen LogP contribution >= 0.6 is 0 Å². The van der Waals surface area contributed by atoms with Crippen LogP contribution in [0, 0.1) is 0 Å². The molecule has 0 aliphatic rings. The molecule has 3 heteroatoms. The van der Waals surface area contributed by atoms with Crippen LogP contribution in [0.25, 0.3) is 0 Å². The summed E-state index contributed by atoms with van der Waals surface area (Å²) in [6.45, 7) is 3.63. The molecule has 1 N–H and O–H groups in total. The molecule has 0 amide bonds. The van der Waals surface area contributed by atoms with E-state index in [1.54, 1.807) is 6.92 Å². The molecule has 0 aliphatic carbocycles. The van der Waals surface area contributed by atoms with E-state index in [9.17, 15) is 5.11 Å². The second kappa shape index (κ2) is 4.55. The fraction of sp³-hybridized carbons (Fsp3) is 0.400. The van der Waals surface area contributed by atoms with Gasteiger partial charge in [0.15, 0.2) is 15.6 Å². The Balaban J connectivity index is 2.44. The van der Waals surface area contributed by atoms with Gasteiger partial charge >= 0.3 is 0 Å². The van der Waals surface area contributed by atoms with Crippen LogP contribution in [0.2, 0.25) is 0 Å². The average molecular weight is 196 g/mol. The van der Waals surface area contributed by atoms with Gasteiger partial charge in [0.25, 0.3) is 0 Å². The lowest BCUT2D eigenvalue weighted by Crippen LogP contribution is -2.33. The summed E-state index contributed by atoms with van der Waals surface area (Å²) in [6.07, 6.45) is 0.632. The van der Waals surface area contributed by atoms with Crippen molar-refractivity contribution >= 4 is 14.9 Å². The van der Waals surface area contributed by atoms with Gasteiger partial charge in [0.05, 0.1) is 0 Å². The van der Waals surface area contributed by atoms with Crippen molar-refractivity contribution in [2.45, 2.75) is 26.1 Å². The van der Waals surface area contributed by atoms with Crippen molar-refractivity contribution in [2.75, 3.05) is 0 Å². The molecule has 2 nitrogen and oxygen atoms in total. The van der Waals surface area contributed by atoms with Gasteiger partial charge in [0, 0.05) is 0 Å². The van der Waals surface area contributed by atoms with E-state index >= 15 is 0 Å². The molecule has 0 spiro atoms. The maximum atomic E-state index is 9.60. The van der Waals surface area contributed by atoms with Crippen LogP contribution in [-0.2, 0) is 4.43 Å². The van der Waals surface area contributed by atoms with E-state index in [0.717, 1.165) is 0 Å². The summed E-state index contributed by atoms with van der Waals surface area (Å²) in [4.78, 5) is 0. The van der Waals surface area contributed by atoms with Crippen molar-refractivity contribution in [1.29, 1.82) is 0 Å². The number of hydrogen-bond donors (Lipinski definition) is 1. The van der Waals surface area contributed by atoms with Crippen LogP contribution in [0.4, 0.5) is 0 Å². The van der Waals surface area contributed by atoms with Gasteiger partial charge in [0.2, 0.25) is 0 Å². The monoisotopic (exact) mass is 196 g/mol. The molecule has 13 heavy (non-hydrogen) atoms. The Hall–Kier alpha value is -0.643. The predicted molar refractivity (Wildman–Crippen MR) is 56.6 cm³/mol. The second-order valence-corrected chi connectivity index (χ2v) is 4.70. The highest BCUT2D eigenvalue weighted by Gasteiger charge is 2.16. The molecule has 72 valence electrons. The predicted octanol–water partition coefficient (Wildman–Crippen LogP) is 0.531. The Kier molecular flexibility index (Phi) is 3.66. The molecule has 0 fully saturated rings. The zero-order valence-corrected chi connectivity index (χ0v) is 9.57. The molecule has 1 unspecified atom stereocenters. The number of aliphatic hydroxyl groups is 1. The zero-order valence-electron chi connectivity index (χ0n) is 8.16. The first-order chi connectivity index (χ1) is 6.14. The maximum Gasteiger partial charge on any atom is 0.196 e. The maximum absolute atomic E-state index is 9.60. The minimum Gasteiger partial charge on any atom is -0.392 e. The summed E-state index contributed by atoms with van der Waals surface area (Å²) in [5.41, 5.74) is 0. The van der Waals surface area contributed by atoms with E-state index in [0.29, 0.717) is 6.42 Å². The Labute approximate surface area is 81.5 Å². The van der Waals surface area contributed by atoms with Crippen molar-refractivity contribution in [3.8, 4) is 0 Å². The smallest absolute Gasteiger partial charge is 0.196 e.